The van der Waals surface area contributed by atoms with Gasteiger partial charge in [-0.05, 0) is 36.5 Å². The highest BCUT2D eigenvalue weighted by molar-refractivity contribution is 5.86. The molecule has 0 spiro atoms. The predicted octanol–water partition coefficient (Wildman–Crippen LogP) is 1.98. The molecule has 2 aliphatic rings. The van der Waals surface area contributed by atoms with Crippen LogP contribution in [0.4, 0.5) is 4.39 Å². The highest BCUT2D eigenvalue weighted by Crippen LogP contribution is 2.31. The van der Waals surface area contributed by atoms with Crippen molar-refractivity contribution in [1.29, 1.82) is 0 Å². The number of carbonyl (C=O) groups excluding carboxylic acids is 2. The van der Waals surface area contributed by atoms with Gasteiger partial charge in [0, 0.05) is 20.1 Å². The zero-order valence-electron chi connectivity index (χ0n) is 14.1. The van der Waals surface area contributed by atoms with Gasteiger partial charge in [0.1, 0.15) is 12.4 Å². The lowest BCUT2D eigenvalue weighted by atomic mass is 9.95. The summed E-state index contributed by atoms with van der Waals surface area (Å²) in [5, 5.41) is 0. The summed E-state index contributed by atoms with van der Waals surface area (Å²) in [4.78, 5) is 28.4. The second-order valence-electron chi connectivity index (χ2n) is 6.76. The van der Waals surface area contributed by atoms with Gasteiger partial charge in [0.15, 0.2) is 6.10 Å². The number of morpholine rings is 1. The summed E-state index contributed by atoms with van der Waals surface area (Å²) in [7, 11) is 1.66. The number of ether oxygens (including phenoxy) is 1. The van der Waals surface area contributed by atoms with Crippen LogP contribution in [0.25, 0.3) is 0 Å². The van der Waals surface area contributed by atoms with Crippen LogP contribution in [0.15, 0.2) is 24.3 Å². The zero-order chi connectivity index (χ0) is 17.3. The lowest BCUT2D eigenvalue weighted by Gasteiger charge is -2.41. The third-order valence-electron chi connectivity index (χ3n) is 4.91. The van der Waals surface area contributed by atoms with Gasteiger partial charge in [0.25, 0.3) is 5.91 Å². The first-order valence-corrected chi connectivity index (χ1v) is 8.39. The Kier molecular flexibility index (Phi) is 4.85. The minimum absolute atomic E-state index is 0.0878. The van der Waals surface area contributed by atoms with E-state index in [1.54, 1.807) is 19.2 Å². The fourth-order valence-corrected chi connectivity index (χ4v) is 3.55. The average molecular weight is 334 g/mol. The van der Waals surface area contributed by atoms with Crippen LogP contribution < -0.4 is 0 Å². The molecule has 130 valence electrons. The van der Waals surface area contributed by atoms with Crippen LogP contribution >= 0.6 is 0 Å². The fraction of sp³-hybridized carbons (Fsp3) is 0.556. The van der Waals surface area contributed by atoms with Crippen LogP contribution in [-0.2, 0) is 14.3 Å². The number of halogens is 1. The molecule has 0 N–H and O–H groups in total. The van der Waals surface area contributed by atoms with Crippen molar-refractivity contribution in [1.82, 2.24) is 9.80 Å². The maximum absolute atomic E-state index is 13.2. The van der Waals surface area contributed by atoms with Gasteiger partial charge in [0.2, 0.25) is 5.91 Å². The van der Waals surface area contributed by atoms with E-state index < -0.39 is 12.1 Å². The van der Waals surface area contributed by atoms with Crippen LogP contribution in [0.5, 0.6) is 0 Å². The number of amides is 2. The van der Waals surface area contributed by atoms with E-state index in [1.807, 2.05) is 4.90 Å². The number of likely N-dealkylation sites (tertiary alicyclic amines) is 1. The number of piperidine rings is 1. The normalized spacial score (nSPS) is 28.1. The molecule has 2 fully saturated rings. The van der Waals surface area contributed by atoms with E-state index in [9.17, 15) is 14.0 Å². The molecule has 2 saturated heterocycles. The lowest BCUT2D eigenvalue weighted by Crippen LogP contribution is -2.55. The molecule has 24 heavy (non-hydrogen) atoms. The molecule has 3 atom stereocenters. The molecule has 2 heterocycles. The monoisotopic (exact) mass is 334 g/mol. The molecule has 6 heteroatoms. The second-order valence-corrected chi connectivity index (χ2v) is 6.76. The van der Waals surface area contributed by atoms with Crippen LogP contribution in [0, 0.1) is 11.7 Å². The third kappa shape index (κ3) is 3.29. The Morgan fingerprint density at radius 1 is 1.29 bits per heavy atom. The maximum Gasteiger partial charge on any atom is 0.254 e. The standard InChI is InChI=1S/C18H23FN2O3/c1-12-4-3-9-21(10-12)18(23)17-16(20(2)15(22)11-24-17)13-5-7-14(19)8-6-13/h5-8,12,16-17H,3-4,9-11H2,1-2H3/t12-,16-,17-/m1/s1. The summed E-state index contributed by atoms with van der Waals surface area (Å²) in [6, 6.07) is 5.37. The molecular formula is C18H23FN2O3. The predicted molar refractivity (Wildman–Crippen MR) is 86.6 cm³/mol. The van der Waals surface area contributed by atoms with Crippen molar-refractivity contribution in [2.24, 2.45) is 5.92 Å². The Bertz CT molecular complexity index is 619. The first kappa shape index (κ1) is 16.9. The van der Waals surface area contributed by atoms with Crippen molar-refractivity contribution < 1.29 is 18.7 Å². The summed E-state index contributed by atoms with van der Waals surface area (Å²) in [6.07, 6.45) is 1.36. The molecule has 0 bridgehead atoms. The maximum atomic E-state index is 13.2. The Labute approximate surface area is 141 Å². The van der Waals surface area contributed by atoms with Gasteiger partial charge >= 0.3 is 0 Å². The number of nitrogens with zero attached hydrogens (tertiary/aromatic N) is 2. The molecule has 0 aliphatic carbocycles. The lowest BCUT2D eigenvalue weighted by molar-refractivity contribution is -0.168. The Balaban J connectivity index is 1.87. The van der Waals surface area contributed by atoms with Crippen LogP contribution in [0.3, 0.4) is 0 Å². The minimum Gasteiger partial charge on any atom is -0.356 e. The van der Waals surface area contributed by atoms with Gasteiger partial charge in [-0.25, -0.2) is 4.39 Å². The number of hydrogen-bond donors (Lipinski definition) is 0. The SMILES string of the molecule is C[C@@H]1CCCN(C(=O)[C@@H]2OCC(=O)N(C)[C@@H]2c2ccc(F)cc2)C1. The molecule has 2 amide bonds. The van der Waals surface area contributed by atoms with Crippen molar-refractivity contribution >= 4 is 11.8 Å². The number of hydrogen-bond acceptors (Lipinski definition) is 3. The van der Waals surface area contributed by atoms with E-state index in [1.165, 1.54) is 17.0 Å². The smallest absolute Gasteiger partial charge is 0.254 e. The van der Waals surface area contributed by atoms with Gasteiger partial charge in [-0.2, -0.15) is 0 Å². The summed E-state index contributed by atoms with van der Waals surface area (Å²) >= 11 is 0. The second kappa shape index (κ2) is 6.89. The fourth-order valence-electron chi connectivity index (χ4n) is 3.55. The van der Waals surface area contributed by atoms with Gasteiger partial charge in [0.05, 0.1) is 6.04 Å². The average Bonchev–Trinajstić information content (AvgIpc) is 2.57. The minimum atomic E-state index is -0.747. The van der Waals surface area contributed by atoms with Crippen molar-refractivity contribution in [3.63, 3.8) is 0 Å². The van der Waals surface area contributed by atoms with Crippen LogP contribution in [0.1, 0.15) is 31.4 Å². The van der Waals surface area contributed by atoms with Gasteiger partial charge in [-0.1, -0.05) is 19.1 Å². The molecule has 0 saturated carbocycles. The van der Waals surface area contributed by atoms with Gasteiger partial charge in [-0.15, -0.1) is 0 Å². The molecule has 5 nitrogen and oxygen atoms in total. The van der Waals surface area contributed by atoms with Crippen LogP contribution in [-0.4, -0.2) is 54.5 Å². The molecule has 0 radical (unpaired) electrons. The highest BCUT2D eigenvalue weighted by Gasteiger charge is 2.42. The Morgan fingerprint density at radius 2 is 2.00 bits per heavy atom. The third-order valence-corrected chi connectivity index (χ3v) is 4.91. The number of carbonyl (C=O) groups is 2. The van der Waals surface area contributed by atoms with E-state index in [2.05, 4.69) is 6.92 Å². The number of benzene rings is 1. The Hall–Kier alpha value is -1.95. The summed E-state index contributed by atoms with van der Waals surface area (Å²) < 4.78 is 18.9. The van der Waals surface area contributed by atoms with E-state index in [0.29, 0.717) is 18.0 Å². The zero-order valence-corrected chi connectivity index (χ0v) is 14.1. The first-order chi connectivity index (χ1) is 11.5. The highest BCUT2D eigenvalue weighted by atomic mass is 19.1. The van der Waals surface area contributed by atoms with Crippen molar-refractivity contribution in [2.75, 3.05) is 26.7 Å². The summed E-state index contributed by atoms with van der Waals surface area (Å²) in [6.45, 7) is 3.46. The van der Waals surface area contributed by atoms with Crippen molar-refractivity contribution in [3.05, 3.63) is 35.6 Å². The molecule has 3 rings (SSSR count). The number of likely N-dealkylation sites (N-methyl/N-ethyl adjacent to an activating group) is 1. The molecule has 0 unspecified atom stereocenters. The molecular weight excluding hydrogens is 311 g/mol. The molecule has 1 aromatic rings. The largest absolute Gasteiger partial charge is 0.356 e. The molecule has 0 aromatic heterocycles. The van der Waals surface area contributed by atoms with E-state index in [4.69, 9.17) is 4.74 Å². The quantitative estimate of drug-likeness (QED) is 0.831. The van der Waals surface area contributed by atoms with Gasteiger partial charge in [-0.3, -0.25) is 9.59 Å². The van der Waals surface area contributed by atoms with Gasteiger partial charge < -0.3 is 14.5 Å². The molecule has 1 aromatic carbocycles. The van der Waals surface area contributed by atoms with Crippen LogP contribution in [0.2, 0.25) is 0 Å². The van der Waals surface area contributed by atoms with E-state index in [-0.39, 0.29) is 24.2 Å². The summed E-state index contributed by atoms with van der Waals surface area (Å²) in [5.74, 6) is -0.150. The number of rotatable bonds is 2. The van der Waals surface area contributed by atoms with E-state index in [0.717, 1.165) is 19.4 Å². The first-order valence-electron chi connectivity index (χ1n) is 8.39. The topological polar surface area (TPSA) is 49.9 Å². The van der Waals surface area contributed by atoms with Crippen molar-refractivity contribution in [3.8, 4) is 0 Å². The summed E-state index contributed by atoms with van der Waals surface area (Å²) in [5.41, 5.74) is 0.704. The van der Waals surface area contributed by atoms with E-state index >= 15 is 0 Å². The molecule has 2 aliphatic heterocycles. The van der Waals surface area contributed by atoms with Crippen molar-refractivity contribution in [2.45, 2.75) is 31.9 Å². The Morgan fingerprint density at radius 3 is 2.67 bits per heavy atom.